The van der Waals surface area contributed by atoms with Crippen molar-refractivity contribution in [3.63, 3.8) is 0 Å². The lowest BCUT2D eigenvalue weighted by Crippen LogP contribution is -2.40. The van der Waals surface area contributed by atoms with Crippen molar-refractivity contribution < 1.29 is 14.3 Å². The van der Waals surface area contributed by atoms with Gasteiger partial charge in [-0.1, -0.05) is 6.07 Å². The van der Waals surface area contributed by atoms with Gasteiger partial charge in [0.2, 0.25) is 5.91 Å². The second kappa shape index (κ2) is 8.14. The van der Waals surface area contributed by atoms with Crippen LogP contribution in [0.5, 0.6) is 5.75 Å². The molecule has 0 unspecified atom stereocenters. The van der Waals surface area contributed by atoms with Gasteiger partial charge < -0.3 is 15.0 Å². The van der Waals surface area contributed by atoms with Gasteiger partial charge in [-0.05, 0) is 60.2 Å². The van der Waals surface area contributed by atoms with Gasteiger partial charge in [-0.3, -0.25) is 14.6 Å². The number of nitrogens with zero attached hydrogens (tertiary/aromatic N) is 2. The van der Waals surface area contributed by atoms with Crippen molar-refractivity contribution in [3.05, 3.63) is 51.8 Å². The Morgan fingerprint density at radius 3 is 2.69 bits per heavy atom. The average molecular weight is 458 g/mol. The van der Waals surface area contributed by atoms with Gasteiger partial charge in [-0.2, -0.15) is 0 Å². The summed E-state index contributed by atoms with van der Waals surface area (Å²) in [6.07, 6.45) is 6.60. The molecule has 1 fully saturated rings. The van der Waals surface area contributed by atoms with E-state index < -0.39 is 0 Å². The molecule has 0 spiro atoms. The fourth-order valence-corrected chi connectivity index (χ4v) is 4.75. The zero-order valence-corrected chi connectivity index (χ0v) is 18.2. The largest absolute Gasteiger partial charge is 0.496 e. The molecule has 1 aliphatic carbocycles. The number of ether oxygens (including phenoxy) is 1. The smallest absolute Gasteiger partial charge is 0.256 e. The van der Waals surface area contributed by atoms with Crippen LogP contribution in [0.2, 0.25) is 0 Å². The van der Waals surface area contributed by atoms with Gasteiger partial charge in [0.1, 0.15) is 5.75 Å². The van der Waals surface area contributed by atoms with E-state index in [-0.39, 0.29) is 23.8 Å². The lowest BCUT2D eigenvalue weighted by Gasteiger charge is -2.34. The van der Waals surface area contributed by atoms with Crippen molar-refractivity contribution in [2.75, 3.05) is 12.4 Å². The number of carbonyl (C=O) groups excluding carboxylic acids is 2. The van der Waals surface area contributed by atoms with Gasteiger partial charge in [-0.15, -0.1) is 0 Å². The fraction of sp³-hybridized carbons (Fsp3) is 0.409. The fourth-order valence-electron chi connectivity index (χ4n) is 4.29. The Labute approximate surface area is 178 Å². The first-order chi connectivity index (χ1) is 14.0. The number of anilines is 1. The number of aryl methyl sites for hydroxylation is 1. The maximum atomic E-state index is 12.8. The summed E-state index contributed by atoms with van der Waals surface area (Å²) in [7, 11) is 1.63. The predicted molar refractivity (Wildman–Crippen MR) is 114 cm³/mol. The maximum absolute atomic E-state index is 12.8. The topological polar surface area (TPSA) is 71.5 Å². The first kappa shape index (κ1) is 19.9. The van der Waals surface area contributed by atoms with E-state index in [9.17, 15) is 9.59 Å². The summed E-state index contributed by atoms with van der Waals surface area (Å²) in [4.78, 5) is 31.6. The molecule has 2 amide bonds. The molecule has 7 heteroatoms. The Kier molecular flexibility index (Phi) is 5.58. The standard InChI is InChI=1S/C22H24BrN3O3/c1-13-3-6-15(9-20(13)29-2)25-21(27)14-4-7-16(8-5-14)26-12-18-17(22(26)28)10-24-11-19(18)23/h3,6,9-11,14,16H,4-5,7-8,12H2,1-2H3,(H,25,27). The number of benzene rings is 1. The molecule has 1 saturated carbocycles. The van der Waals surface area contributed by atoms with E-state index in [1.807, 2.05) is 30.0 Å². The zero-order chi connectivity index (χ0) is 20.5. The second-order valence-electron chi connectivity index (χ2n) is 7.76. The number of aromatic nitrogens is 1. The molecular formula is C22H24BrN3O3. The summed E-state index contributed by atoms with van der Waals surface area (Å²) < 4.78 is 6.21. The average Bonchev–Trinajstić information content (AvgIpc) is 3.07. The molecule has 0 atom stereocenters. The molecule has 1 aliphatic heterocycles. The maximum Gasteiger partial charge on any atom is 0.256 e. The van der Waals surface area contributed by atoms with Crippen LogP contribution in [0, 0.1) is 12.8 Å². The molecule has 1 N–H and O–H groups in total. The van der Waals surface area contributed by atoms with Gasteiger partial charge in [-0.25, -0.2) is 0 Å². The van der Waals surface area contributed by atoms with Crippen LogP contribution in [-0.4, -0.2) is 34.8 Å². The molecule has 2 aromatic rings. The summed E-state index contributed by atoms with van der Waals surface area (Å²) in [6, 6.07) is 5.86. The number of rotatable bonds is 4. The van der Waals surface area contributed by atoms with Gasteiger partial charge >= 0.3 is 0 Å². The quantitative estimate of drug-likeness (QED) is 0.741. The molecule has 2 heterocycles. The highest BCUT2D eigenvalue weighted by molar-refractivity contribution is 9.10. The van der Waals surface area contributed by atoms with Crippen molar-refractivity contribution in [2.24, 2.45) is 5.92 Å². The molecule has 152 valence electrons. The van der Waals surface area contributed by atoms with Crippen LogP contribution >= 0.6 is 15.9 Å². The summed E-state index contributed by atoms with van der Waals surface area (Å²) in [6.45, 7) is 2.58. The number of hydrogen-bond acceptors (Lipinski definition) is 4. The van der Waals surface area contributed by atoms with Crippen molar-refractivity contribution in [1.82, 2.24) is 9.88 Å². The van der Waals surface area contributed by atoms with Crippen LogP contribution in [-0.2, 0) is 11.3 Å². The molecule has 4 rings (SSSR count). The summed E-state index contributed by atoms with van der Waals surface area (Å²) in [5.41, 5.74) is 3.48. The molecule has 0 bridgehead atoms. The molecule has 6 nitrogen and oxygen atoms in total. The number of amides is 2. The highest BCUT2D eigenvalue weighted by Crippen LogP contribution is 2.35. The SMILES string of the molecule is COc1cc(NC(=O)C2CCC(N3Cc4c(Br)cncc4C3=O)CC2)ccc1C. The number of carbonyl (C=O) groups is 2. The number of pyridine rings is 1. The van der Waals surface area contributed by atoms with Crippen molar-refractivity contribution in [1.29, 1.82) is 0 Å². The Balaban J connectivity index is 1.36. The second-order valence-corrected chi connectivity index (χ2v) is 8.61. The molecule has 29 heavy (non-hydrogen) atoms. The molecule has 1 aromatic heterocycles. The Hall–Kier alpha value is -2.41. The molecule has 0 saturated heterocycles. The van der Waals surface area contributed by atoms with Crippen LogP contribution in [0.25, 0.3) is 0 Å². The monoisotopic (exact) mass is 457 g/mol. The lowest BCUT2D eigenvalue weighted by molar-refractivity contribution is -0.121. The van der Waals surface area contributed by atoms with E-state index in [1.54, 1.807) is 19.5 Å². The highest BCUT2D eigenvalue weighted by Gasteiger charge is 2.37. The molecule has 0 radical (unpaired) electrons. The van der Waals surface area contributed by atoms with Crippen molar-refractivity contribution in [2.45, 2.75) is 45.2 Å². The van der Waals surface area contributed by atoms with E-state index in [1.165, 1.54) is 0 Å². The van der Waals surface area contributed by atoms with Gasteiger partial charge in [0.05, 0.1) is 12.7 Å². The van der Waals surface area contributed by atoms with Crippen molar-refractivity contribution >= 4 is 33.4 Å². The third-order valence-corrected chi connectivity index (χ3v) is 6.69. The Bertz CT molecular complexity index is 954. The molecule has 2 aliphatic rings. The van der Waals surface area contributed by atoms with Crippen LogP contribution < -0.4 is 10.1 Å². The van der Waals surface area contributed by atoms with E-state index >= 15 is 0 Å². The lowest BCUT2D eigenvalue weighted by atomic mass is 9.84. The summed E-state index contributed by atoms with van der Waals surface area (Å²) in [5.74, 6) is 0.817. The number of nitrogens with one attached hydrogen (secondary N) is 1. The highest BCUT2D eigenvalue weighted by atomic mass is 79.9. The Morgan fingerprint density at radius 1 is 1.24 bits per heavy atom. The number of fused-ring (bicyclic) bond motifs is 1. The summed E-state index contributed by atoms with van der Waals surface area (Å²) in [5, 5.41) is 3.01. The first-order valence-corrected chi connectivity index (χ1v) is 10.7. The number of halogens is 1. The van der Waals surface area contributed by atoms with Crippen LogP contribution in [0.4, 0.5) is 5.69 Å². The molecule has 1 aromatic carbocycles. The van der Waals surface area contributed by atoms with Crippen LogP contribution in [0.15, 0.2) is 35.1 Å². The van der Waals surface area contributed by atoms with Gasteiger partial charge in [0, 0.05) is 52.7 Å². The predicted octanol–water partition coefficient (Wildman–Crippen LogP) is 4.31. The number of methoxy groups -OCH3 is 1. The number of hydrogen-bond donors (Lipinski definition) is 1. The third-order valence-electron chi connectivity index (χ3n) is 6.01. The normalized spacial score (nSPS) is 21.1. The first-order valence-electron chi connectivity index (χ1n) is 9.86. The zero-order valence-electron chi connectivity index (χ0n) is 16.6. The minimum atomic E-state index is -0.0352. The van der Waals surface area contributed by atoms with E-state index in [4.69, 9.17) is 4.74 Å². The van der Waals surface area contributed by atoms with Crippen LogP contribution in [0.3, 0.4) is 0 Å². The van der Waals surface area contributed by atoms with Gasteiger partial charge in [0.15, 0.2) is 0 Å². The Morgan fingerprint density at radius 2 is 2.00 bits per heavy atom. The minimum Gasteiger partial charge on any atom is -0.496 e. The van der Waals surface area contributed by atoms with E-state index in [0.29, 0.717) is 12.1 Å². The summed E-state index contributed by atoms with van der Waals surface area (Å²) >= 11 is 3.50. The van der Waals surface area contributed by atoms with Crippen LogP contribution in [0.1, 0.15) is 47.2 Å². The van der Waals surface area contributed by atoms with E-state index in [0.717, 1.165) is 52.7 Å². The minimum absolute atomic E-state index is 0.0352. The van der Waals surface area contributed by atoms with Crippen molar-refractivity contribution in [3.8, 4) is 5.75 Å². The van der Waals surface area contributed by atoms with E-state index in [2.05, 4.69) is 26.2 Å². The van der Waals surface area contributed by atoms with Gasteiger partial charge in [0.25, 0.3) is 5.91 Å². The molecular weight excluding hydrogens is 434 g/mol. The third kappa shape index (κ3) is 3.88.